The van der Waals surface area contributed by atoms with Crippen LogP contribution in [-0.4, -0.2) is 16.7 Å². The molecule has 0 saturated carbocycles. The van der Waals surface area contributed by atoms with Gasteiger partial charge in [-0.3, -0.25) is 0 Å². The second-order valence-electron chi connectivity index (χ2n) is 4.51. The van der Waals surface area contributed by atoms with Crippen LogP contribution in [0.5, 0.6) is 0 Å². The Morgan fingerprint density at radius 2 is 2.00 bits per heavy atom. The van der Waals surface area contributed by atoms with Gasteiger partial charge in [0, 0.05) is 6.54 Å². The fourth-order valence-electron chi connectivity index (χ4n) is 1.89. The van der Waals surface area contributed by atoms with E-state index in [0.717, 1.165) is 11.3 Å². The smallest absolute Gasteiger partial charge is 0.166 e. The molecule has 0 fully saturated rings. The lowest BCUT2D eigenvalue weighted by molar-refractivity contribution is 0.610. The molecule has 1 aromatic carbocycles. The molecule has 0 saturated heterocycles. The third-order valence-corrected chi connectivity index (χ3v) is 3.21. The number of aromatic nitrogens is 2. The third-order valence-electron chi connectivity index (χ3n) is 3.21. The van der Waals surface area contributed by atoms with Gasteiger partial charge in [0.1, 0.15) is 17.4 Å². The van der Waals surface area contributed by atoms with Crippen molar-refractivity contribution in [3.63, 3.8) is 0 Å². The van der Waals surface area contributed by atoms with Crippen LogP contribution in [0.3, 0.4) is 0 Å². The number of nitriles is 1. The lowest BCUT2D eigenvalue weighted by Crippen LogP contribution is -2.11. The Hall–Kier alpha value is -2.48. The molecule has 0 unspecified atom stereocenters. The lowest BCUT2D eigenvalue weighted by Gasteiger charge is -2.09. The zero-order valence-electron chi connectivity index (χ0n) is 11.4. The summed E-state index contributed by atoms with van der Waals surface area (Å²) in [6.07, 6.45) is 0.520. The van der Waals surface area contributed by atoms with E-state index >= 15 is 0 Å². The van der Waals surface area contributed by atoms with Crippen molar-refractivity contribution in [1.29, 1.82) is 5.26 Å². The number of benzene rings is 1. The lowest BCUT2D eigenvalue weighted by atomic mass is 10.1. The van der Waals surface area contributed by atoms with Crippen LogP contribution in [0.1, 0.15) is 22.4 Å². The van der Waals surface area contributed by atoms with Crippen molar-refractivity contribution in [2.24, 2.45) is 0 Å². The van der Waals surface area contributed by atoms with Crippen molar-refractivity contribution in [3.8, 4) is 6.07 Å². The molecule has 2 aromatic rings. The molecule has 2 rings (SSSR count). The Balaban J connectivity index is 2.07. The van der Waals surface area contributed by atoms with E-state index in [1.807, 2.05) is 13.8 Å². The fraction of sp³-hybridized carbons (Fsp3) is 0.267. The minimum atomic E-state index is -0.221. The third kappa shape index (κ3) is 2.91. The topological polar surface area (TPSA) is 61.6 Å². The van der Waals surface area contributed by atoms with Gasteiger partial charge < -0.3 is 5.32 Å². The standard InChI is InChI=1S/C15H15FN4/c1-10-11(2)19-20-15(13(10)9-17)18-8-7-12-5-3-4-6-14(12)16/h3-6H,7-8H2,1-2H3,(H,18,20). The molecule has 0 bridgehead atoms. The first kappa shape index (κ1) is 13.9. The second kappa shape index (κ2) is 6.11. The quantitative estimate of drug-likeness (QED) is 0.928. The van der Waals surface area contributed by atoms with E-state index in [4.69, 9.17) is 5.26 Å². The molecule has 102 valence electrons. The highest BCUT2D eigenvalue weighted by atomic mass is 19.1. The molecule has 20 heavy (non-hydrogen) atoms. The molecule has 0 amide bonds. The summed E-state index contributed by atoms with van der Waals surface area (Å²) in [5.74, 6) is 0.230. The summed E-state index contributed by atoms with van der Waals surface area (Å²) in [5.41, 5.74) is 2.68. The van der Waals surface area contributed by atoms with E-state index in [1.165, 1.54) is 6.07 Å². The van der Waals surface area contributed by atoms with Crippen LogP contribution in [0.15, 0.2) is 24.3 Å². The van der Waals surface area contributed by atoms with Gasteiger partial charge in [-0.1, -0.05) is 18.2 Å². The van der Waals surface area contributed by atoms with Crippen molar-refractivity contribution >= 4 is 5.82 Å². The van der Waals surface area contributed by atoms with Crippen molar-refractivity contribution in [2.75, 3.05) is 11.9 Å². The Bertz CT molecular complexity index is 661. The molecule has 5 heteroatoms. The van der Waals surface area contributed by atoms with E-state index < -0.39 is 0 Å². The molecule has 0 atom stereocenters. The molecule has 1 aromatic heterocycles. The van der Waals surface area contributed by atoms with Gasteiger partial charge in [-0.15, -0.1) is 5.10 Å². The molecule has 0 radical (unpaired) electrons. The Morgan fingerprint density at radius 1 is 1.25 bits per heavy atom. The van der Waals surface area contributed by atoms with Gasteiger partial charge in [-0.25, -0.2) is 4.39 Å². The number of anilines is 1. The molecule has 0 spiro atoms. The predicted octanol–water partition coefficient (Wildman–Crippen LogP) is 2.76. The molecule has 0 aliphatic carbocycles. The molecule has 4 nitrogen and oxygen atoms in total. The average Bonchev–Trinajstić information content (AvgIpc) is 2.45. The van der Waals surface area contributed by atoms with E-state index in [1.54, 1.807) is 18.2 Å². The van der Waals surface area contributed by atoms with E-state index in [-0.39, 0.29) is 5.82 Å². The first-order valence-electron chi connectivity index (χ1n) is 6.34. The zero-order valence-corrected chi connectivity index (χ0v) is 11.4. The van der Waals surface area contributed by atoms with Crippen molar-refractivity contribution in [3.05, 3.63) is 52.5 Å². The van der Waals surface area contributed by atoms with Crippen molar-refractivity contribution in [2.45, 2.75) is 20.3 Å². The van der Waals surface area contributed by atoms with Gasteiger partial charge in [0.2, 0.25) is 0 Å². The molecule has 0 aliphatic rings. The summed E-state index contributed by atoms with van der Waals surface area (Å²) >= 11 is 0. The first-order valence-corrected chi connectivity index (χ1v) is 6.34. The Labute approximate surface area is 117 Å². The summed E-state index contributed by atoms with van der Waals surface area (Å²) in [5, 5.41) is 20.2. The van der Waals surface area contributed by atoms with Gasteiger partial charge in [-0.05, 0) is 37.5 Å². The van der Waals surface area contributed by atoms with Crippen LogP contribution in [0, 0.1) is 31.0 Å². The number of nitrogens with zero attached hydrogens (tertiary/aromatic N) is 3. The van der Waals surface area contributed by atoms with Gasteiger partial charge >= 0.3 is 0 Å². The molecule has 1 N–H and O–H groups in total. The van der Waals surface area contributed by atoms with Gasteiger partial charge in [0.15, 0.2) is 5.82 Å². The van der Waals surface area contributed by atoms with E-state index in [9.17, 15) is 4.39 Å². The van der Waals surface area contributed by atoms with Gasteiger partial charge in [-0.2, -0.15) is 10.4 Å². The number of nitrogens with one attached hydrogen (secondary N) is 1. The van der Waals surface area contributed by atoms with Crippen LogP contribution in [0.4, 0.5) is 10.2 Å². The minimum Gasteiger partial charge on any atom is -0.367 e. The SMILES string of the molecule is Cc1nnc(NCCc2ccccc2F)c(C#N)c1C. The highest BCUT2D eigenvalue weighted by Crippen LogP contribution is 2.17. The highest BCUT2D eigenvalue weighted by molar-refractivity contribution is 5.55. The summed E-state index contributed by atoms with van der Waals surface area (Å²) in [6.45, 7) is 4.14. The number of rotatable bonds is 4. The summed E-state index contributed by atoms with van der Waals surface area (Å²) in [6, 6.07) is 8.77. The molecule has 0 aliphatic heterocycles. The maximum atomic E-state index is 13.5. The van der Waals surface area contributed by atoms with Crippen LogP contribution < -0.4 is 5.32 Å². The van der Waals surface area contributed by atoms with E-state index in [0.29, 0.717) is 29.9 Å². The van der Waals surface area contributed by atoms with Crippen LogP contribution in [-0.2, 0) is 6.42 Å². The van der Waals surface area contributed by atoms with Crippen LogP contribution in [0.2, 0.25) is 0 Å². The van der Waals surface area contributed by atoms with Crippen molar-refractivity contribution in [1.82, 2.24) is 10.2 Å². The number of halogens is 1. The second-order valence-corrected chi connectivity index (χ2v) is 4.51. The van der Waals surface area contributed by atoms with Gasteiger partial charge in [0.05, 0.1) is 5.69 Å². The van der Waals surface area contributed by atoms with Gasteiger partial charge in [0.25, 0.3) is 0 Å². The maximum absolute atomic E-state index is 13.5. The van der Waals surface area contributed by atoms with Crippen molar-refractivity contribution < 1.29 is 4.39 Å². The van der Waals surface area contributed by atoms with Crippen LogP contribution >= 0.6 is 0 Å². The average molecular weight is 270 g/mol. The Kier molecular flexibility index (Phi) is 4.26. The maximum Gasteiger partial charge on any atom is 0.166 e. The summed E-state index contributed by atoms with van der Waals surface area (Å²) in [4.78, 5) is 0. The predicted molar refractivity (Wildman–Crippen MR) is 74.8 cm³/mol. The minimum absolute atomic E-state index is 0.221. The first-order chi connectivity index (χ1) is 9.63. The zero-order chi connectivity index (χ0) is 14.5. The van der Waals surface area contributed by atoms with E-state index in [2.05, 4.69) is 21.6 Å². The number of hydrogen-bond acceptors (Lipinski definition) is 4. The number of hydrogen-bond donors (Lipinski definition) is 1. The molecular formula is C15H15FN4. The van der Waals surface area contributed by atoms with Crippen LogP contribution in [0.25, 0.3) is 0 Å². The largest absolute Gasteiger partial charge is 0.367 e. The summed E-state index contributed by atoms with van der Waals surface area (Å²) in [7, 11) is 0. The summed E-state index contributed by atoms with van der Waals surface area (Å²) < 4.78 is 13.5. The monoisotopic (exact) mass is 270 g/mol. The Morgan fingerprint density at radius 3 is 2.70 bits per heavy atom. The molecular weight excluding hydrogens is 255 g/mol. The normalized spacial score (nSPS) is 10.1. The highest BCUT2D eigenvalue weighted by Gasteiger charge is 2.10. The molecule has 1 heterocycles. The fourth-order valence-corrected chi connectivity index (χ4v) is 1.89. The number of aryl methyl sites for hydroxylation is 1.